The minimum absolute atomic E-state index is 0.481. The molecule has 2 aliphatic rings. The van der Waals surface area contributed by atoms with E-state index in [2.05, 4.69) is 240 Å². The second-order valence-electron chi connectivity index (χ2n) is 17.2. The van der Waals surface area contributed by atoms with Gasteiger partial charge in [-0.1, -0.05) is 158 Å². The lowest BCUT2D eigenvalue weighted by Gasteiger charge is -2.31. The van der Waals surface area contributed by atoms with Crippen molar-refractivity contribution in [3.63, 3.8) is 0 Å². The molecule has 2 heterocycles. The number of hydrogen-bond donors (Lipinski definition) is 0. The van der Waals surface area contributed by atoms with Gasteiger partial charge in [0.15, 0.2) is 0 Å². The monoisotopic (exact) mass is 798 g/mol. The summed E-state index contributed by atoms with van der Waals surface area (Å²) in [6, 6.07) is 85.9. The second-order valence-corrected chi connectivity index (χ2v) is 17.2. The van der Waals surface area contributed by atoms with E-state index in [4.69, 9.17) is 0 Å². The summed E-state index contributed by atoms with van der Waals surface area (Å²) in [6.07, 6.45) is 0. The number of para-hydroxylation sites is 4. The Balaban J connectivity index is 0.980. The van der Waals surface area contributed by atoms with Gasteiger partial charge in [0.25, 0.3) is 0 Å². The fourth-order valence-electron chi connectivity index (χ4n) is 11.5. The number of fused-ring (bicyclic) bond motifs is 16. The predicted octanol–water partition coefficient (Wildman–Crippen LogP) is 15.6. The molecule has 63 heavy (non-hydrogen) atoms. The van der Waals surface area contributed by atoms with Crippen LogP contribution in [0.3, 0.4) is 0 Å². The molecule has 1 spiro atoms. The number of nitrogens with zero attached hydrogens (tertiary/aromatic N) is 2. The van der Waals surface area contributed by atoms with E-state index in [9.17, 15) is 0 Å². The zero-order chi connectivity index (χ0) is 41.2. The summed E-state index contributed by atoms with van der Waals surface area (Å²) in [5.41, 5.74) is 22.2. The molecule has 0 unspecified atom stereocenters. The van der Waals surface area contributed by atoms with E-state index >= 15 is 0 Å². The van der Waals surface area contributed by atoms with Gasteiger partial charge >= 0.3 is 0 Å². The number of benzene rings is 10. The van der Waals surface area contributed by atoms with Crippen LogP contribution >= 0.6 is 0 Å². The minimum atomic E-state index is -0.481. The average molecular weight is 799 g/mol. The maximum absolute atomic E-state index is 2.51. The van der Waals surface area contributed by atoms with Gasteiger partial charge in [0.05, 0.1) is 27.5 Å². The maximum Gasteiger partial charge on any atom is 0.0725 e. The van der Waals surface area contributed by atoms with Crippen LogP contribution in [0, 0.1) is 0 Å². The van der Waals surface area contributed by atoms with Crippen molar-refractivity contribution in [1.29, 1.82) is 0 Å². The van der Waals surface area contributed by atoms with Crippen LogP contribution in [0.15, 0.2) is 231 Å². The molecule has 0 saturated carbocycles. The SMILES string of the molecule is c1ccc(-n2c3ccccc3c3cc(-c4ccc5c(c4)C4(c6ccccc6-c6ccccc64)c4cc(-c6ccc7c(c6)c6ccccc6n7-c6ccccc6)ccc4-5)ccc32)cc1. The first-order valence-corrected chi connectivity index (χ1v) is 21.9. The summed E-state index contributed by atoms with van der Waals surface area (Å²) in [4.78, 5) is 0. The second kappa shape index (κ2) is 12.9. The highest BCUT2D eigenvalue weighted by Gasteiger charge is 2.51. The third-order valence-electron chi connectivity index (χ3n) is 14.1. The molecule has 10 aromatic carbocycles. The van der Waals surface area contributed by atoms with Crippen LogP contribution in [-0.4, -0.2) is 9.13 Å². The normalized spacial score (nSPS) is 13.2. The van der Waals surface area contributed by atoms with E-state index in [1.807, 2.05) is 0 Å². The molecule has 0 saturated heterocycles. The van der Waals surface area contributed by atoms with Crippen molar-refractivity contribution in [3.05, 3.63) is 253 Å². The van der Waals surface area contributed by atoms with Gasteiger partial charge in [-0.15, -0.1) is 0 Å². The molecule has 292 valence electrons. The Kier molecular flexibility index (Phi) is 7.07. The summed E-state index contributed by atoms with van der Waals surface area (Å²) in [7, 11) is 0. The van der Waals surface area contributed by atoms with E-state index in [-0.39, 0.29) is 0 Å². The van der Waals surface area contributed by atoms with Gasteiger partial charge < -0.3 is 9.13 Å². The van der Waals surface area contributed by atoms with Crippen LogP contribution in [0.1, 0.15) is 22.3 Å². The molecule has 0 bridgehead atoms. The molecule has 0 fully saturated rings. The number of aromatic nitrogens is 2. The quantitative estimate of drug-likeness (QED) is 0.168. The molecule has 0 atom stereocenters. The lowest BCUT2D eigenvalue weighted by Crippen LogP contribution is -2.26. The van der Waals surface area contributed by atoms with Crippen LogP contribution in [0.5, 0.6) is 0 Å². The minimum Gasteiger partial charge on any atom is -0.309 e. The molecule has 2 nitrogen and oxygen atoms in total. The number of hydrogen-bond acceptors (Lipinski definition) is 0. The standard InChI is InChI=1S/C61H38N2/c1-3-15-43(16-4-1)62-57-25-13-9-21-49(57)51-35-39(29-33-59(51)62)41-27-31-47-48-32-28-42(38-56(48)61(55(47)37-41)53-23-11-7-19-45(53)46-20-8-12-24-54(46)61)40-30-34-60-52(36-40)50-22-10-14-26-58(50)63(60)44-17-5-2-6-18-44/h1-38H. The van der Waals surface area contributed by atoms with Crippen LogP contribution in [0.4, 0.5) is 0 Å². The highest BCUT2D eigenvalue weighted by atomic mass is 15.0. The van der Waals surface area contributed by atoms with Gasteiger partial charge in [-0.25, -0.2) is 0 Å². The lowest BCUT2D eigenvalue weighted by atomic mass is 9.70. The summed E-state index contributed by atoms with van der Waals surface area (Å²) in [5, 5.41) is 5.04. The summed E-state index contributed by atoms with van der Waals surface area (Å²) < 4.78 is 4.79. The van der Waals surface area contributed by atoms with Gasteiger partial charge in [-0.05, 0) is 140 Å². The molecule has 2 aliphatic carbocycles. The largest absolute Gasteiger partial charge is 0.309 e. The van der Waals surface area contributed by atoms with Crippen LogP contribution in [0.2, 0.25) is 0 Å². The average Bonchev–Trinajstić information content (AvgIpc) is 4.06. The zero-order valence-electron chi connectivity index (χ0n) is 34.3. The fourth-order valence-corrected chi connectivity index (χ4v) is 11.5. The van der Waals surface area contributed by atoms with E-state index in [0.29, 0.717) is 0 Å². The molecule has 2 heteroatoms. The van der Waals surface area contributed by atoms with Crippen molar-refractivity contribution in [2.24, 2.45) is 0 Å². The van der Waals surface area contributed by atoms with Crippen molar-refractivity contribution in [3.8, 4) is 55.9 Å². The first-order valence-electron chi connectivity index (χ1n) is 21.9. The molecule has 0 N–H and O–H groups in total. The predicted molar refractivity (Wildman–Crippen MR) is 262 cm³/mol. The van der Waals surface area contributed by atoms with Crippen LogP contribution < -0.4 is 0 Å². The molecule has 0 amide bonds. The van der Waals surface area contributed by atoms with Gasteiger partial charge in [0.1, 0.15) is 0 Å². The summed E-state index contributed by atoms with van der Waals surface area (Å²) in [6.45, 7) is 0. The van der Waals surface area contributed by atoms with E-state index in [1.54, 1.807) is 0 Å². The summed E-state index contributed by atoms with van der Waals surface area (Å²) >= 11 is 0. The highest BCUT2D eigenvalue weighted by molar-refractivity contribution is 6.12. The van der Waals surface area contributed by atoms with Crippen molar-refractivity contribution in [2.45, 2.75) is 5.41 Å². The van der Waals surface area contributed by atoms with Crippen molar-refractivity contribution in [2.75, 3.05) is 0 Å². The topological polar surface area (TPSA) is 9.86 Å². The van der Waals surface area contributed by atoms with E-state index in [1.165, 1.54) is 122 Å². The lowest BCUT2D eigenvalue weighted by molar-refractivity contribution is 0.794. The molecule has 0 aliphatic heterocycles. The Bertz CT molecular complexity index is 3590. The Labute approximate surface area is 365 Å². The van der Waals surface area contributed by atoms with Crippen molar-refractivity contribution < 1.29 is 0 Å². The molecular formula is C61H38N2. The number of rotatable bonds is 4. The Morgan fingerprint density at radius 2 is 0.587 bits per heavy atom. The molecular weight excluding hydrogens is 761 g/mol. The Morgan fingerprint density at radius 1 is 0.238 bits per heavy atom. The highest BCUT2D eigenvalue weighted by Crippen LogP contribution is 2.63. The van der Waals surface area contributed by atoms with Gasteiger partial charge in [0.2, 0.25) is 0 Å². The molecule has 14 rings (SSSR count). The first kappa shape index (κ1) is 34.5. The van der Waals surface area contributed by atoms with Crippen LogP contribution in [-0.2, 0) is 5.41 Å². The van der Waals surface area contributed by atoms with Gasteiger partial charge in [-0.3, -0.25) is 0 Å². The first-order chi connectivity index (χ1) is 31.3. The molecule has 2 aromatic heterocycles. The Morgan fingerprint density at radius 3 is 1.06 bits per heavy atom. The van der Waals surface area contributed by atoms with E-state index < -0.39 is 5.41 Å². The third kappa shape index (κ3) is 4.67. The third-order valence-corrected chi connectivity index (χ3v) is 14.1. The molecule has 12 aromatic rings. The van der Waals surface area contributed by atoms with E-state index in [0.717, 1.165) is 0 Å². The van der Waals surface area contributed by atoms with Crippen molar-refractivity contribution >= 4 is 43.6 Å². The maximum atomic E-state index is 2.51. The van der Waals surface area contributed by atoms with Crippen LogP contribution in [0.25, 0.3) is 99.5 Å². The molecule has 0 radical (unpaired) electrons. The Hall–Kier alpha value is -8.20. The van der Waals surface area contributed by atoms with Crippen molar-refractivity contribution in [1.82, 2.24) is 9.13 Å². The fraction of sp³-hybridized carbons (Fsp3) is 0.0164. The van der Waals surface area contributed by atoms with Gasteiger partial charge in [0, 0.05) is 32.9 Å². The van der Waals surface area contributed by atoms with Gasteiger partial charge in [-0.2, -0.15) is 0 Å². The summed E-state index contributed by atoms with van der Waals surface area (Å²) in [5.74, 6) is 0. The smallest absolute Gasteiger partial charge is 0.0725 e. The zero-order valence-corrected chi connectivity index (χ0v) is 34.3.